The van der Waals surface area contributed by atoms with Crippen molar-refractivity contribution in [2.75, 3.05) is 13.7 Å². The first-order valence-electron chi connectivity index (χ1n) is 7.49. The fourth-order valence-electron chi connectivity index (χ4n) is 2.93. The van der Waals surface area contributed by atoms with Crippen LogP contribution in [0.1, 0.15) is 44.1 Å². The van der Waals surface area contributed by atoms with Gasteiger partial charge in [0, 0.05) is 11.8 Å². The Bertz CT molecular complexity index is 492. The van der Waals surface area contributed by atoms with Gasteiger partial charge in [0.05, 0.1) is 20.1 Å². The molecule has 0 N–H and O–H groups in total. The molecular formula is C17H22O4. The minimum absolute atomic E-state index is 0.107. The van der Waals surface area contributed by atoms with E-state index in [0.29, 0.717) is 6.61 Å². The summed E-state index contributed by atoms with van der Waals surface area (Å²) >= 11 is 0. The molecule has 0 saturated heterocycles. The van der Waals surface area contributed by atoms with E-state index in [-0.39, 0.29) is 30.0 Å². The number of carbonyl (C=O) groups is 2. The molecule has 1 aromatic carbocycles. The van der Waals surface area contributed by atoms with E-state index in [2.05, 4.69) is 0 Å². The van der Waals surface area contributed by atoms with Crippen LogP contribution in [0.25, 0.3) is 0 Å². The van der Waals surface area contributed by atoms with Gasteiger partial charge in [-0.15, -0.1) is 0 Å². The molecular weight excluding hydrogens is 268 g/mol. The maximum Gasteiger partial charge on any atom is 0.306 e. The summed E-state index contributed by atoms with van der Waals surface area (Å²) in [6, 6.07) is 7.62. The molecule has 2 rings (SSSR count). The van der Waals surface area contributed by atoms with Gasteiger partial charge in [0.25, 0.3) is 0 Å². The van der Waals surface area contributed by atoms with Gasteiger partial charge in [-0.05, 0) is 37.5 Å². The number of carbonyl (C=O) groups excluding carboxylic acids is 2. The lowest BCUT2D eigenvalue weighted by Crippen LogP contribution is -2.29. The third-order valence-electron chi connectivity index (χ3n) is 4.03. The molecule has 1 fully saturated rings. The molecule has 4 heteroatoms. The predicted molar refractivity (Wildman–Crippen MR) is 79.3 cm³/mol. The van der Waals surface area contributed by atoms with Crippen LogP contribution in [0, 0.1) is 5.92 Å². The van der Waals surface area contributed by atoms with Crippen molar-refractivity contribution in [2.24, 2.45) is 5.92 Å². The van der Waals surface area contributed by atoms with Crippen LogP contribution < -0.4 is 4.74 Å². The van der Waals surface area contributed by atoms with E-state index in [1.807, 2.05) is 24.3 Å². The second kappa shape index (κ2) is 7.25. The molecule has 1 aliphatic carbocycles. The third-order valence-corrected chi connectivity index (χ3v) is 4.03. The quantitative estimate of drug-likeness (QED) is 0.782. The second-order valence-corrected chi connectivity index (χ2v) is 5.37. The third kappa shape index (κ3) is 3.84. The Morgan fingerprint density at radius 1 is 1.24 bits per heavy atom. The lowest BCUT2D eigenvalue weighted by Gasteiger charge is -2.27. The molecule has 0 spiro atoms. The molecule has 0 bridgehead atoms. The number of rotatable bonds is 5. The predicted octanol–water partition coefficient (Wildman–Crippen LogP) is 3.10. The van der Waals surface area contributed by atoms with Crippen LogP contribution in [0.2, 0.25) is 0 Å². The van der Waals surface area contributed by atoms with E-state index in [9.17, 15) is 9.59 Å². The van der Waals surface area contributed by atoms with Crippen molar-refractivity contribution >= 4 is 11.8 Å². The Labute approximate surface area is 125 Å². The first-order chi connectivity index (χ1) is 10.2. The number of hydrogen-bond donors (Lipinski definition) is 0. The van der Waals surface area contributed by atoms with Gasteiger partial charge in [0.2, 0.25) is 0 Å². The summed E-state index contributed by atoms with van der Waals surface area (Å²) in [6.45, 7) is 2.14. The Kier molecular flexibility index (Phi) is 5.37. The van der Waals surface area contributed by atoms with Crippen molar-refractivity contribution in [2.45, 2.75) is 38.5 Å². The van der Waals surface area contributed by atoms with Crippen LogP contribution in [0.4, 0.5) is 0 Å². The molecule has 0 heterocycles. The Hall–Kier alpha value is -1.84. The summed E-state index contributed by atoms with van der Waals surface area (Å²) in [5.41, 5.74) is 1.01. The van der Waals surface area contributed by atoms with Crippen molar-refractivity contribution in [3.8, 4) is 5.75 Å². The molecule has 2 atom stereocenters. The first-order valence-corrected chi connectivity index (χ1v) is 7.49. The summed E-state index contributed by atoms with van der Waals surface area (Å²) in [5, 5.41) is 0. The lowest BCUT2D eigenvalue weighted by atomic mass is 9.75. The molecule has 1 saturated carbocycles. The van der Waals surface area contributed by atoms with Crippen molar-refractivity contribution in [1.29, 1.82) is 0 Å². The van der Waals surface area contributed by atoms with Crippen LogP contribution in [0.15, 0.2) is 24.3 Å². The molecule has 0 radical (unpaired) electrons. The molecule has 1 aromatic rings. The standard InChI is InChI=1S/C17H22O4/c1-3-21-16(18)11-13-5-4-6-15(17(13)19)12-7-9-14(20-2)10-8-12/h7-10,13,15H,3-6,11H2,1-2H3. The Balaban J connectivity index is 2.06. The van der Waals surface area contributed by atoms with Gasteiger partial charge in [-0.25, -0.2) is 0 Å². The van der Waals surface area contributed by atoms with Crippen LogP contribution in [-0.2, 0) is 14.3 Å². The highest BCUT2D eigenvalue weighted by atomic mass is 16.5. The zero-order chi connectivity index (χ0) is 15.2. The molecule has 4 nitrogen and oxygen atoms in total. The fourth-order valence-corrected chi connectivity index (χ4v) is 2.93. The topological polar surface area (TPSA) is 52.6 Å². The summed E-state index contributed by atoms with van der Waals surface area (Å²) in [6.07, 6.45) is 2.81. The SMILES string of the molecule is CCOC(=O)CC1CCCC(c2ccc(OC)cc2)C1=O. The average Bonchev–Trinajstić information content (AvgIpc) is 2.50. The number of ether oxygens (including phenoxy) is 2. The van der Waals surface area contributed by atoms with Gasteiger partial charge in [0.1, 0.15) is 11.5 Å². The van der Waals surface area contributed by atoms with Crippen LogP contribution in [0.5, 0.6) is 5.75 Å². The highest BCUT2D eigenvalue weighted by molar-refractivity contribution is 5.91. The number of Topliss-reactive ketones (excluding diaryl/α,β-unsaturated/α-hetero) is 1. The first kappa shape index (κ1) is 15.5. The van der Waals surface area contributed by atoms with E-state index in [1.54, 1.807) is 14.0 Å². The molecule has 0 aliphatic heterocycles. The van der Waals surface area contributed by atoms with E-state index in [0.717, 1.165) is 30.6 Å². The van der Waals surface area contributed by atoms with E-state index in [1.165, 1.54) is 0 Å². The summed E-state index contributed by atoms with van der Waals surface area (Å²) in [7, 11) is 1.62. The van der Waals surface area contributed by atoms with Gasteiger partial charge in [-0.3, -0.25) is 9.59 Å². The van der Waals surface area contributed by atoms with Gasteiger partial charge in [0.15, 0.2) is 0 Å². The molecule has 0 aromatic heterocycles. The minimum Gasteiger partial charge on any atom is -0.497 e. The second-order valence-electron chi connectivity index (χ2n) is 5.37. The van der Waals surface area contributed by atoms with Crippen molar-refractivity contribution < 1.29 is 19.1 Å². The van der Waals surface area contributed by atoms with Gasteiger partial charge in [-0.1, -0.05) is 18.6 Å². The average molecular weight is 290 g/mol. The van der Waals surface area contributed by atoms with Crippen LogP contribution >= 0.6 is 0 Å². The maximum atomic E-state index is 12.6. The number of benzene rings is 1. The summed E-state index contributed by atoms with van der Waals surface area (Å²) < 4.78 is 10.1. The Morgan fingerprint density at radius 2 is 1.95 bits per heavy atom. The highest BCUT2D eigenvalue weighted by Crippen LogP contribution is 2.35. The number of methoxy groups -OCH3 is 1. The molecule has 1 aliphatic rings. The van der Waals surface area contributed by atoms with Gasteiger partial charge in [-0.2, -0.15) is 0 Å². The molecule has 114 valence electrons. The monoisotopic (exact) mass is 290 g/mol. The lowest BCUT2D eigenvalue weighted by molar-refractivity contribution is -0.146. The summed E-state index contributed by atoms with van der Waals surface area (Å²) in [4.78, 5) is 24.2. The van der Waals surface area contributed by atoms with E-state index >= 15 is 0 Å². The van der Waals surface area contributed by atoms with Gasteiger partial charge >= 0.3 is 5.97 Å². The fraction of sp³-hybridized carbons (Fsp3) is 0.529. The van der Waals surface area contributed by atoms with Crippen LogP contribution in [-0.4, -0.2) is 25.5 Å². The number of ketones is 1. The normalized spacial score (nSPS) is 21.9. The zero-order valence-electron chi connectivity index (χ0n) is 12.6. The van der Waals surface area contributed by atoms with Crippen molar-refractivity contribution in [1.82, 2.24) is 0 Å². The molecule has 21 heavy (non-hydrogen) atoms. The smallest absolute Gasteiger partial charge is 0.306 e. The van der Waals surface area contributed by atoms with Crippen molar-refractivity contribution in [3.63, 3.8) is 0 Å². The number of esters is 1. The van der Waals surface area contributed by atoms with E-state index < -0.39 is 0 Å². The van der Waals surface area contributed by atoms with Gasteiger partial charge < -0.3 is 9.47 Å². The zero-order valence-corrected chi connectivity index (χ0v) is 12.6. The van der Waals surface area contributed by atoms with E-state index in [4.69, 9.17) is 9.47 Å². The highest BCUT2D eigenvalue weighted by Gasteiger charge is 2.33. The number of hydrogen-bond acceptors (Lipinski definition) is 4. The summed E-state index contributed by atoms with van der Waals surface area (Å²) in [5.74, 6) is 0.366. The van der Waals surface area contributed by atoms with Crippen molar-refractivity contribution in [3.05, 3.63) is 29.8 Å². The maximum absolute atomic E-state index is 12.6. The van der Waals surface area contributed by atoms with Crippen LogP contribution in [0.3, 0.4) is 0 Å². The molecule has 0 amide bonds. The largest absolute Gasteiger partial charge is 0.497 e. The Morgan fingerprint density at radius 3 is 2.57 bits per heavy atom. The minimum atomic E-state index is -0.272. The molecule has 2 unspecified atom stereocenters.